The van der Waals surface area contributed by atoms with E-state index in [4.69, 9.17) is 15.3 Å². The molecule has 0 saturated carbocycles. The summed E-state index contributed by atoms with van der Waals surface area (Å²) in [6.45, 7) is 1.91. The number of ketones is 1. The van der Waals surface area contributed by atoms with E-state index in [-0.39, 0.29) is 11.8 Å². The van der Waals surface area contributed by atoms with E-state index in [1.54, 1.807) is 6.20 Å². The van der Waals surface area contributed by atoms with E-state index in [9.17, 15) is 4.79 Å². The standard InChI is InChI=1S/C18H16N2O.H2NO3/c1-14-19-12-13-20(14)17(15-8-4-2-5-9-15)18(21)16-10-6-3-7-11-16;2-1(3)4/h2-13,17H,1H3;(H2,2,3,4)/q;+1. The lowest BCUT2D eigenvalue weighted by atomic mass is 9.97. The molecular formula is C18H18N3O4+. The molecule has 0 fully saturated rings. The predicted octanol–water partition coefficient (Wildman–Crippen LogP) is 3.21. The fourth-order valence-corrected chi connectivity index (χ4v) is 2.49. The summed E-state index contributed by atoms with van der Waals surface area (Å²) in [5, 5.41) is 12.5. The normalized spacial score (nSPS) is 11.1. The minimum Gasteiger partial charge on any atom is -0.320 e. The average Bonchev–Trinajstić information content (AvgIpc) is 3.02. The largest absolute Gasteiger partial charge is 0.472 e. The Morgan fingerprint density at radius 1 is 1.04 bits per heavy atom. The van der Waals surface area contributed by atoms with Crippen LogP contribution >= 0.6 is 0 Å². The molecule has 0 aliphatic carbocycles. The molecule has 128 valence electrons. The number of aryl methyl sites for hydroxylation is 1. The van der Waals surface area contributed by atoms with Crippen molar-refractivity contribution in [2.45, 2.75) is 13.0 Å². The first-order chi connectivity index (χ1) is 12.0. The molecule has 0 saturated heterocycles. The van der Waals surface area contributed by atoms with E-state index in [0.29, 0.717) is 5.56 Å². The van der Waals surface area contributed by atoms with Gasteiger partial charge in [0.1, 0.15) is 16.8 Å². The molecule has 0 spiro atoms. The van der Waals surface area contributed by atoms with Crippen LogP contribution in [0.1, 0.15) is 27.8 Å². The first kappa shape index (κ1) is 17.9. The van der Waals surface area contributed by atoms with Crippen molar-refractivity contribution in [2.75, 3.05) is 0 Å². The zero-order chi connectivity index (χ0) is 18.2. The minimum atomic E-state index is -1.25. The second-order valence-corrected chi connectivity index (χ2v) is 5.18. The molecule has 7 heteroatoms. The Morgan fingerprint density at radius 3 is 2.04 bits per heavy atom. The summed E-state index contributed by atoms with van der Waals surface area (Å²) < 4.78 is 1.92. The number of hydrogen-bond donors (Lipinski definition) is 2. The predicted molar refractivity (Wildman–Crippen MR) is 89.5 cm³/mol. The third-order valence-electron chi connectivity index (χ3n) is 3.56. The van der Waals surface area contributed by atoms with E-state index >= 15 is 0 Å². The SMILES string of the molecule is Cc1nccn1C(C(=O)c1ccccc1)c1ccccc1.O=[N+](O)O. The van der Waals surface area contributed by atoms with Crippen molar-refractivity contribution < 1.29 is 20.3 Å². The number of rotatable bonds is 4. The zero-order valence-electron chi connectivity index (χ0n) is 13.6. The van der Waals surface area contributed by atoms with Gasteiger partial charge in [-0.2, -0.15) is 0 Å². The van der Waals surface area contributed by atoms with Crippen molar-refractivity contribution in [3.05, 3.63) is 94.9 Å². The van der Waals surface area contributed by atoms with Crippen LogP contribution in [-0.2, 0) is 0 Å². The second-order valence-electron chi connectivity index (χ2n) is 5.18. The fourth-order valence-electron chi connectivity index (χ4n) is 2.49. The van der Waals surface area contributed by atoms with E-state index in [2.05, 4.69) is 4.98 Å². The van der Waals surface area contributed by atoms with E-state index in [0.717, 1.165) is 11.4 Å². The third-order valence-corrected chi connectivity index (χ3v) is 3.56. The van der Waals surface area contributed by atoms with Crippen LogP contribution in [0.5, 0.6) is 0 Å². The van der Waals surface area contributed by atoms with Crippen LogP contribution < -0.4 is 0 Å². The fraction of sp³-hybridized carbons (Fsp3) is 0.111. The highest BCUT2D eigenvalue weighted by molar-refractivity contribution is 6.00. The number of carbonyl (C=O) groups excluding carboxylic acids is 1. The van der Waals surface area contributed by atoms with Gasteiger partial charge >= 0.3 is 5.09 Å². The van der Waals surface area contributed by atoms with Gasteiger partial charge in [0.2, 0.25) is 0 Å². The summed E-state index contributed by atoms with van der Waals surface area (Å²) in [7, 11) is 0. The molecule has 3 rings (SSSR count). The molecule has 0 amide bonds. The molecule has 7 nitrogen and oxygen atoms in total. The number of aromatic nitrogens is 2. The zero-order valence-corrected chi connectivity index (χ0v) is 13.6. The average molecular weight is 340 g/mol. The number of carbonyl (C=O) groups is 1. The Hall–Kier alpha value is -3.48. The quantitative estimate of drug-likeness (QED) is 0.562. The lowest BCUT2D eigenvalue weighted by molar-refractivity contribution is -0.969. The molecule has 25 heavy (non-hydrogen) atoms. The number of benzene rings is 2. The van der Waals surface area contributed by atoms with Gasteiger partial charge in [-0.3, -0.25) is 4.79 Å². The number of nitrogens with zero attached hydrogens (tertiary/aromatic N) is 3. The van der Waals surface area contributed by atoms with Gasteiger partial charge in [0, 0.05) is 18.0 Å². The smallest absolute Gasteiger partial charge is 0.320 e. The van der Waals surface area contributed by atoms with E-state index in [1.807, 2.05) is 78.4 Å². The molecule has 1 aromatic heterocycles. The van der Waals surface area contributed by atoms with Crippen LogP contribution in [0.4, 0.5) is 0 Å². The Morgan fingerprint density at radius 2 is 1.56 bits per heavy atom. The molecule has 1 atom stereocenters. The van der Waals surface area contributed by atoms with Crippen molar-refractivity contribution in [3.8, 4) is 0 Å². The summed E-state index contributed by atoms with van der Waals surface area (Å²) >= 11 is 0. The topological polar surface area (TPSA) is 95.4 Å². The van der Waals surface area contributed by atoms with Crippen molar-refractivity contribution >= 4 is 5.78 Å². The van der Waals surface area contributed by atoms with Gasteiger partial charge in [-0.15, -0.1) is 0 Å². The number of hydrogen-bond acceptors (Lipinski definition) is 3. The van der Waals surface area contributed by atoms with Gasteiger partial charge in [-0.05, 0) is 12.5 Å². The molecule has 3 aromatic rings. The van der Waals surface area contributed by atoms with E-state index < -0.39 is 5.09 Å². The van der Waals surface area contributed by atoms with Crippen LogP contribution in [0, 0.1) is 11.8 Å². The maximum absolute atomic E-state index is 12.9. The number of Topliss-reactive ketones (excluding diaryl/α,β-unsaturated/α-hetero) is 1. The summed E-state index contributed by atoms with van der Waals surface area (Å²) in [4.78, 5) is 25.7. The molecule has 2 aromatic carbocycles. The number of imidazole rings is 1. The van der Waals surface area contributed by atoms with Crippen LogP contribution in [0.25, 0.3) is 0 Å². The first-order valence-corrected chi connectivity index (χ1v) is 7.49. The minimum absolute atomic E-state index is 0.0721. The third kappa shape index (κ3) is 4.74. The molecular weight excluding hydrogens is 322 g/mol. The van der Waals surface area contributed by atoms with Gasteiger partial charge in [0.15, 0.2) is 5.78 Å². The first-order valence-electron chi connectivity index (χ1n) is 7.49. The highest BCUT2D eigenvalue weighted by Crippen LogP contribution is 2.24. The molecule has 0 bridgehead atoms. The van der Waals surface area contributed by atoms with Crippen LogP contribution in [0.3, 0.4) is 0 Å². The summed E-state index contributed by atoms with van der Waals surface area (Å²) in [6.07, 6.45) is 3.58. The summed E-state index contributed by atoms with van der Waals surface area (Å²) in [5.74, 6) is 0.899. The Balaban J connectivity index is 0.000000511. The molecule has 1 heterocycles. The Bertz CT molecular complexity index is 828. The molecule has 0 radical (unpaired) electrons. The van der Waals surface area contributed by atoms with Crippen molar-refractivity contribution in [1.82, 2.24) is 9.55 Å². The monoisotopic (exact) mass is 340 g/mol. The van der Waals surface area contributed by atoms with Crippen molar-refractivity contribution in [2.24, 2.45) is 0 Å². The highest BCUT2D eigenvalue weighted by Gasteiger charge is 2.24. The lowest BCUT2D eigenvalue weighted by Gasteiger charge is -2.19. The highest BCUT2D eigenvalue weighted by atomic mass is 16.9. The van der Waals surface area contributed by atoms with Crippen LogP contribution in [0.2, 0.25) is 0 Å². The molecule has 2 N–H and O–H groups in total. The maximum atomic E-state index is 12.9. The lowest BCUT2D eigenvalue weighted by Crippen LogP contribution is -2.21. The van der Waals surface area contributed by atoms with Crippen molar-refractivity contribution in [1.29, 1.82) is 0 Å². The summed E-state index contributed by atoms with van der Waals surface area (Å²) in [5.41, 5.74) is 1.67. The molecule has 0 aliphatic rings. The molecule has 1 unspecified atom stereocenters. The van der Waals surface area contributed by atoms with Gasteiger partial charge in [-0.1, -0.05) is 60.7 Å². The Kier molecular flexibility index (Phi) is 6.00. The van der Waals surface area contributed by atoms with Crippen LogP contribution in [-0.4, -0.2) is 30.8 Å². The van der Waals surface area contributed by atoms with Gasteiger partial charge in [0.25, 0.3) is 0 Å². The Labute approximate surface area is 144 Å². The molecule has 0 aliphatic heterocycles. The van der Waals surface area contributed by atoms with Crippen molar-refractivity contribution in [3.63, 3.8) is 0 Å². The van der Waals surface area contributed by atoms with Gasteiger partial charge in [-0.25, -0.2) is 15.4 Å². The maximum Gasteiger partial charge on any atom is 0.472 e. The van der Waals surface area contributed by atoms with E-state index in [1.165, 1.54) is 0 Å². The van der Waals surface area contributed by atoms with Crippen LogP contribution in [0.15, 0.2) is 73.1 Å². The second kappa shape index (κ2) is 8.39. The summed E-state index contributed by atoms with van der Waals surface area (Å²) in [6, 6.07) is 18.8. The van der Waals surface area contributed by atoms with Gasteiger partial charge in [0.05, 0.1) is 0 Å². The van der Waals surface area contributed by atoms with Gasteiger partial charge < -0.3 is 4.57 Å².